The Morgan fingerprint density at radius 2 is 2.25 bits per heavy atom. The van der Waals surface area contributed by atoms with E-state index in [1.54, 1.807) is 12.1 Å². The van der Waals surface area contributed by atoms with Gasteiger partial charge >= 0.3 is 0 Å². The second kappa shape index (κ2) is 4.76. The zero-order valence-corrected chi connectivity index (χ0v) is 9.98. The maximum absolute atomic E-state index is 13.3. The average Bonchev–Trinajstić information content (AvgIpc) is 2.71. The monoisotopic (exact) mass is 258 g/mol. The summed E-state index contributed by atoms with van der Waals surface area (Å²) in [5, 5.41) is 8.46. The number of hydrogen-bond donors (Lipinski definition) is 0. The van der Waals surface area contributed by atoms with Gasteiger partial charge in [-0.1, -0.05) is 22.5 Å². The number of halogens is 2. The van der Waals surface area contributed by atoms with Crippen molar-refractivity contribution in [3.05, 3.63) is 34.6 Å². The van der Waals surface area contributed by atoms with Crippen LogP contribution in [-0.2, 0) is 5.88 Å². The molecule has 0 fully saturated rings. The van der Waals surface area contributed by atoms with E-state index < -0.39 is 5.82 Å². The van der Waals surface area contributed by atoms with Crippen LogP contribution in [0, 0.1) is 12.7 Å². The van der Waals surface area contributed by atoms with E-state index >= 15 is 0 Å². The smallest absolute Gasteiger partial charge is 0.299 e. The zero-order valence-electron chi connectivity index (χ0n) is 8.41. The molecule has 2 aromatic rings. The summed E-state index contributed by atoms with van der Waals surface area (Å²) in [4.78, 5) is 0. The Morgan fingerprint density at radius 3 is 2.94 bits per heavy atom. The van der Waals surface area contributed by atoms with Crippen LogP contribution in [0.5, 0.6) is 10.9 Å². The van der Waals surface area contributed by atoms with Gasteiger partial charge in [-0.25, -0.2) is 4.39 Å². The maximum Gasteiger partial charge on any atom is 0.299 e. The first-order valence-electron chi connectivity index (χ1n) is 4.51. The minimum absolute atomic E-state index is 0.150. The SMILES string of the molecule is Cc1ccc(F)c(Oc2nnc(CCl)s2)c1. The Hall–Kier alpha value is -1.20. The minimum atomic E-state index is -0.423. The molecular weight excluding hydrogens is 251 g/mol. The molecule has 0 N–H and O–H groups in total. The van der Waals surface area contributed by atoms with Gasteiger partial charge in [-0.2, -0.15) is 0 Å². The number of rotatable bonds is 3. The lowest BCUT2D eigenvalue weighted by Crippen LogP contribution is -1.88. The van der Waals surface area contributed by atoms with Crippen molar-refractivity contribution in [2.24, 2.45) is 0 Å². The Labute approximate surface area is 101 Å². The van der Waals surface area contributed by atoms with Crippen LogP contribution < -0.4 is 4.74 Å². The molecule has 1 heterocycles. The molecule has 6 heteroatoms. The fourth-order valence-corrected chi connectivity index (χ4v) is 1.88. The minimum Gasteiger partial charge on any atom is -0.427 e. The van der Waals surface area contributed by atoms with Crippen LogP contribution in [0.15, 0.2) is 18.2 Å². The molecule has 0 amide bonds. The summed E-state index contributed by atoms with van der Waals surface area (Å²) in [6.07, 6.45) is 0. The van der Waals surface area contributed by atoms with Gasteiger partial charge in [-0.05, 0) is 24.6 Å². The Bertz CT molecular complexity index is 503. The molecule has 0 spiro atoms. The molecular formula is C10H8ClFN2OS. The normalized spacial score (nSPS) is 10.4. The van der Waals surface area contributed by atoms with Crippen molar-refractivity contribution in [1.82, 2.24) is 10.2 Å². The van der Waals surface area contributed by atoms with Crippen LogP contribution >= 0.6 is 22.9 Å². The van der Waals surface area contributed by atoms with Gasteiger partial charge in [0, 0.05) is 0 Å². The lowest BCUT2D eigenvalue weighted by Gasteiger charge is -2.03. The largest absolute Gasteiger partial charge is 0.427 e. The lowest BCUT2D eigenvalue weighted by atomic mass is 10.2. The van der Waals surface area contributed by atoms with Gasteiger partial charge < -0.3 is 4.74 Å². The lowest BCUT2D eigenvalue weighted by molar-refractivity contribution is 0.435. The number of hydrogen-bond acceptors (Lipinski definition) is 4. The average molecular weight is 259 g/mol. The van der Waals surface area contributed by atoms with Crippen LogP contribution in [-0.4, -0.2) is 10.2 Å². The number of nitrogens with zero attached hydrogens (tertiary/aromatic N) is 2. The Kier molecular flexibility index (Phi) is 3.36. The number of benzene rings is 1. The van der Waals surface area contributed by atoms with Crippen molar-refractivity contribution in [3.63, 3.8) is 0 Å². The number of alkyl halides is 1. The van der Waals surface area contributed by atoms with E-state index in [0.29, 0.717) is 10.2 Å². The second-order valence-corrected chi connectivity index (χ2v) is 4.42. The predicted molar refractivity (Wildman–Crippen MR) is 60.7 cm³/mol. The van der Waals surface area contributed by atoms with Crippen LogP contribution in [0.25, 0.3) is 0 Å². The molecule has 84 valence electrons. The molecule has 1 aromatic heterocycles. The third kappa shape index (κ3) is 2.48. The van der Waals surface area contributed by atoms with E-state index in [1.165, 1.54) is 17.4 Å². The van der Waals surface area contributed by atoms with Crippen LogP contribution in [0.2, 0.25) is 0 Å². The molecule has 0 aliphatic carbocycles. The predicted octanol–water partition coefficient (Wildman–Crippen LogP) is 3.52. The van der Waals surface area contributed by atoms with Gasteiger partial charge in [0.2, 0.25) is 0 Å². The third-order valence-corrected chi connectivity index (χ3v) is 3.06. The highest BCUT2D eigenvalue weighted by atomic mass is 35.5. The van der Waals surface area contributed by atoms with Crippen LogP contribution in [0.4, 0.5) is 4.39 Å². The molecule has 2 rings (SSSR count). The highest BCUT2D eigenvalue weighted by Crippen LogP contribution is 2.28. The van der Waals surface area contributed by atoms with E-state index in [-0.39, 0.29) is 11.6 Å². The standard InChI is InChI=1S/C10H8ClFN2OS/c1-6-2-3-7(12)8(4-6)15-10-14-13-9(5-11)16-10/h2-4H,5H2,1H3. The maximum atomic E-state index is 13.3. The van der Waals surface area contributed by atoms with Crippen molar-refractivity contribution >= 4 is 22.9 Å². The second-order valence-electron chi connectivity index (χ2n) is 3.13. The molecule has 0 radical (unpaired) electrons. The van der Waals surface area contributed by atoms with E-state index in [4.69, 9.17) is 16.3 Å². The molecule has 1 aromatic carbocycles. The van der Waals surface area contributed by atoms with Crippen LogP contribution in [0.3, 0.4) is 0 Å². The van der Waals surface area contributed by atoms with Gasteiger partial charge in [-0.3, -0.25) is 0 Å². The molecule has 0 unspecified atom stereocenters. The van der Waals surface area contributed by atoms with Crippen molar-refractivity contribution in [1.29, 1.82) is 0 Å². The van der Waals surface area contributed by atoms with E-state index in [9.17, 15) is 4.39 Å². The summed E-state index contributed by atoms with van der Waals surface area (Å²) in [7, 11) is 0. The molecule has 0 aliphatic rings. The molecule has 16 heavy (non-hydrogen) atoms. The topological polar surface area (TPSA) is 35.0 Å². The van der Waals surface area contributed by atoms with Gasteiger partial charge in [0.05, 0.1) is 5.88 Å². The van der Waals surface area contributed by atoms with Crippen LogP contribution in [0.1, 0.15) is 10.6 Å². The molecule has 0 saturated heterocycles. The summed E-state index contributed by atoms with van der Waals surface area (Å²) in [5.74, 6) is 0.00244. The zero-order chi connectivity index (χ0) is 11.5. The van der Waals surface area contributed by atoms with Gasteiger partial charge in [0.15, 0.2) is 11.6 Å². The van der Waals surface area contributed by atoms with Crippen molar-refractivity contribution in [2.75, 3.05) is 0 Å². The number of ether oxygens (including phenoxy) is 1. The fraction of sp³-hybridized carbons (Fsp3) is 0.200. The quantitative estimate of drug-likeness (QED) is 0.790. The first-order valence-corrected chi connectivity index (χ1v) is 5.86. The summed E-state index contributed by atoms with van der Waals surface area (Å²) >= 11 is 6.78. The van der Waals surface area contributed by atoms with Crippen molar-refractivity contribution in [3.8, 4) is 10.9 Å². The van der Waals surface area contributed by atoms with E-state index in [0.717, 1.165) is 5.56 Å². The molecule has 0 bridgehead atoms. The summed E-state index contributed by atoms with van der Waals surface area (Å²) in [5.41, 5.74) is 0.915. The van der Waals surface area contributed by atoms with E-state index in [1.807, 2.05) is 6.92 Å². The first kappa shape index (κ1) is 11.3. The summed E-state index contributed by atoms with van der Waals surface area (Å²) in [6.45, 7) is 1.86. The first-order chi connectivity index (χ1) is 7.69. The molecule has 3 nitrogen and oxygen atoms in total. The van der Waals surface area contributed by atoms with Gasteiger partial charge in [0.25, 0.3) is 5.19 Å². The number of aromatic nitrogens is 2. The highest BCUT2D eigenvalue weighted by molar-refractivity contribution is 7.13. The number of aryl methyl sites for hydroxylation is 1. The van der Waals surface area contributed by atoms with Crippen molar-refractivity contribution in [2.45, 2.75) is 12.8 Å². The van der Waals surface area contributed by atoms with Gasteiger partial charge in [0.1, 0.15) is 5.01 Å². The molecule has 0 aliphatic heterocycles. The highest BCUT2D eigenvalue weighted by Gasteiger charge is 2.09. The third-order valence-electron chi connectivity index (χ3n) is 1.85. The van der Waals surface area contributed by atoms with E-state index in [2.05, 4.69) is 10.2 Å². The Balaban J connectivity index is 2.22. The molecule has 0 atom stereocenters. The van der Waals surface area contributed by atoms with Crippen molar-refractivity contribution < 1.29 is 9.13 Å². The summed E-state index contributed by atoms with van der Waals surface area (Å²) < 4.78 is 18.6. The summed E-state index contributed by atoms with van der Waals surface area (Å²) in [6, 6.07) is 4.64. The molecule has 0 saturated carbocycles. The van der Waals surface area contributed by atoms with Gasteiger partial charge in [-0.15, -0.1) is 16.7 Å². The Morgan fingerprint density at radius 1 is 1.44 bits per heavy atom. The fourth-order valence-electron chi connectivity index (χ4n) is 1.12.